The Bertz CT molecular complexity index is 982. The van der Waals surface area contributed by atoms with E-state index >= 15 is 0 Å². The molecular weight excluding hydrogens is 412 g/mol. The van der Waals surface area contributed by atoms with E-state index in [0.717, 1.165) is 6.42 Å². The van der Waals surface area contributed by atoms with Gasteiger partial charge in [0, 0.05) is 24.3 Å². The van der Waals surface area contributed by atoms with Crippen LogP contribution < -0.4 is 10.1 Å². The first-order valence-corrected chi connectivity index (χ1v) is 11.3. The highest BCUT2D eigenvalue weighted by Gasteiger charge is 2.31. The molecule has 0 saturated carbocycles. The molecule has 1 aliphatic rings. The van der Waals surface area contributed by atoms with Gasteiger partial charge in [-0.15, -0.1) is 0 Å². The number of piperidine rings is 1. The highest BCUT2D eigenvalue weighted by Crippen LogP contribution is 2.28. The molecule has 0 aliphatic carbocycles. The second kappa shape index (κ2) is 8.73. The van der Waals surface area contributed by atoms with E-state index in [-0.39, 0.29) is 10.8 Å². The van der Waals surface area contributed by atoms with Crippen LogP contribution in [0.25, 0.3) is 0 Å². The number of methoxy groups -OCH3 is 1. The molecule has 2 aromatic carbocycles. The Morgan fingerprint density at radius 2 is 1.72 bits per heavy atom. The first kappa shape index (κ1) is 21.6. The van der Waals surface area contributed by atoms with E-state index in [2.05, 4.69) is 19.2 Å². The summed E-state index contributed by atoms with van der Waals surface area (Å²) in [6.45, 7) is 5.17. The predicted molar refractivity (Wildman–Crippen MR) is 114 cm³/mol. The summed E-state index contributed by atoms with van der Waals surface area (Å²) in [5.41, 5.74) is 0.880. The van der Waals surface area contributed by atoms with Gasteiger partial charge < -0.3 is 10.1 Å². The molecule has 2 atom stereocenters. The quantitative estimate of drug-likeness (QED) is 0.759. The molecule has 3 rings (SSSR count). The first-order chi connectivity index (χ1) is 13.7. The number of hydrogen-bond acceptors (Lipinski definition) is 4. The van der Waals surface area contributed by atoms with Gasteiger partial charge in [-0.25, -0.2) is 8.42 Å². The molecule has 0 radical (unpaired) electrons. The summed E-state index contributed by atoms with van der Waals surface area (Å²) in [6.07, 6.45) is 1.03. The summed E-state index contributed by atoms with van der Waals surface area (Å²) in [7, 11) is -2.06. The zero-order valence-corrected chi connectivity index (χ0v) is 18.3. The van der Waals surface area contributed by atoms with Gasteiger partial charge >= 0.3 is 0 Å². The summed E-state index contributed by atoms with van der Waals surface area (Å²) >= 11 is 6.08. The van der Waals surface area contributed by atoms with Crippen molar-refractivity contribution >= 4 is 33.2 Å². The minimum absolute atomic E-state index is 0.197. The number of anilines is 1. The maximum absolute atomic E-state index is 12.9. The van der Waals surface area contributed by atoms with Gasteiger partial charge in [-0.3, -0.25) is 4.79 Å². The molecule has 8 heteroatoms. The van der Waals surface area contributed by atoms with Crippen molar-refractivity contribution in [2.24, 2.45) is 11.8 Å². The largest absolute Gasteiger partial charge is 0.495 e. The Labute approximate surface area is 176 Å². The highest BCUT2D eigenvalue weighted by atomic mass is 35.5. The average molecular weight is 437 g/mol. The molecule has 29 heavy (non-hydrogen) atoms. The van der Waals surface area contributed by atoms with Gasteiger partial charge in [0.2, 0.25) is 10.0 Å². The number of halogens is 1. The summed E-state index contributed by atoms with van der Waals surface area (Å²) in [5, 5.41) is 3.13. The number of ether oxygens (including phenoxy) is 1. The molecule has 0 bridgehead atoms. The Balaban J connectivity index is 1.74. The van der Waals surface area contributed by atoms with Crippen molar-refractivity contribution in [1.29, 1.82) is 0 Å². The lowest BCUT2D eigenvalue weighted by Gasteiger charge is -2.34. The third-order valence-electron chi connectivity index (χ3n) is 5.00. The third kappa shape index (κ3) is 4.91. The van der Waals surface area contributed by atoms with Crippen molar-refractivity contribution in [2.45, 2.75) is 25.2 Å². The van der Waals surface area contributed by atoms with Crippen LogP contribution in [0.2, 0.25) is 5.02 Å². The average Bonchev–Trinajstić information content (AvgIpc) is 2.67. The Morgan fingerprint density at radius 3 is 2.28 bits per heavy atom. The van der Waals surface area contributed by atoms with Crippen LogP contribution in [0.5, 0.6) is 5.75 Å². The molecule has 0 unspecified atom stereocenters. The molecule has 0 aromatic heterocycles. The standard InChI is InChI=1S/C21H25ClN2O4S/c1-14-10-15(2)13-24(12-14)29(26,27)18-7-4-16(5-8-18)21(25)23-17-6-9-20(28-3)19(22)11-17/h4-9,11,14-15H,10,12-13H2,1-3H3,(H,23,25)/t14-,15-/m0/s1. The minimum atomic E-state index is -3.57. The fourth-order valence-electron chi connectivity index (χ4n) is 3.68. The molecule has 1 N–H and O–H groups in total. The van der Waals surface area contributed by atoms with Crippen molar-refractivity contribution in [3.63, 3.8) is 0 Å². The van der Waals surface area contributed by atoms with Crippen LogP contribution in [0.4, 0.5) is 5.69 Å². The number of rotatable bonds is 5. The lowest BCUT2D eigenvalue weighted by Crippen LogP contribution is -2.42. The Morgan fingerprint density at radius 1 is 1.10 bits per heavy atom. The van der Waals surface area contributed by atoms with Gasteiger partial charge in [0.1, 0.15) is 5.75 Å². The van der Waals surface area contributed by atoms with E-state index in [1.54, 1.807) is 22.5 Å². The second-order valence-corrected chi connectivity index (χ2v) is 9.94. The summed E-state index contributed by atoms with van der Waals surface area (Å²) in [6, 6.07) is 10.9. The Kier molecular flexibility index (Phi) is 6.51. The lowest BCUT2D eigenvalue weighted by molar-refractivity contribution is 0.102. The zero-order chi connectivity index (χ0) is 21.2. The number of carbonyl (C=O) groups excluding carboxylic acids is 1. The molecule has 1 fully saturated rings. The molecule has 1 heterocycles. The molecule has 0 spiro atoms. The topological polar surface area (TPSA) is 75.7 Å². The fraction of sp³-hybridized carbons (Fsp3) is 0.381. The van der Waals surface area contributed by atoms with E-state index in [9.17, 15) is 13.2 Å². The number of carbonyl (C=O) groups is 1. The lowest BCUT2D eigenvalue weighted by atomic mass is 9.94. The van der Waals surface area contributed by atoms with E-state index in [4.69, 9.17) is 16.3 Å². The van der Waals surface area contributed by atoms with Gasteiger partial charge in [0.15, 0.2) is 0 Å². The summed E-state index contributed by atoms with van der Waals surface area (Å²) in [4.78, 5) is 12.7. The number of nitrogens with zero attached hydrogens (tertiary/aromatic N) is 1. The van der Waals surface area contributed by atoms with Gasteiger partial charge in [0.05, 0.1) is 17.0 Å². The number of nitrogens with one attached hydrogen (secondary N) is 1. The number of benzene rings is 2. The van der Waals surface area contributed by atoms with Gasteiger partial charge in [-0.1, -0.05) is 25.4 Å². The number of amides is 1. The van der Waals surface area contributed by atoms with Gasteiger partial charge in [-0.2, -0.15) is 4.31 Å². The van der Waals surface area contributed by atoms with E-state index < -0.39 is 10.0 Å². The van der Waals surface area contributed by atoms with E-state index in [1.165, 1.54) is 31.4 Å². The van der Waals surface area contributed by atoms with E-state index in [0.29, 0.717) is 46.9 Å². The van der Waals surface area contributed by atoms with Gasteiger partial charge in [-0.05, 0) is 60.7 Å². The third-order valence-corrected chi connectivity index (χ3v) is 7.14. The van der Waals surface area contributed by atoms with Crippen molar-refractivity contribution < 1.29 is 17.9 Å². The SMILES string of the molecule is COc1ccc(NC(=O)c2ccc(S(=O)(=O)N3C[C@@H](C)C[C@H](C)C3)cc2)cc1Cl. The first-order valence-electron chi connectivity index (χ1n) is 9.46. The maximum Gasteiger partial charge on any atom is 0.255 e. The van der Waals surface area contributed by atoms with Crippen LogP contribution in [-0.2, 0) is 10.0 Å². The van der Waals surface area contributed by atoms with Crippen molar-refractivity contribution in [1.82, 2.24) is 4.31 Å². The summed E-state index contributed by atoms with van der Waals surface area (Å²) < 4.78 is 32.5. The summed E-state index contributed by atoms with van der Waals surface area (Å²) in [5.74, 6) is 0.820. The van der Waals surface area contributed by atoms with Crippen LogP contribution in [-0.4, -0.2) is 38.8 Å². The van der Waals surface area contributed by atoms with Crippen LogP contribution in [0.15, 0.2) is 47.4 Å². The molecule has 2 aromatic rings. The number of sulfonamides is 1. The maximum atomic E-state index is 12.9. The van der Waals surface area contributed by atoms with Crippen molar-refractivity contribution in [3.8, 4) is 5.75 Å². The molecule has 1 saturated heterocycles. The minimum Gasteiger partial charge on any atom is -0.495 e. The fourth-order valence-corrected chi connectivity index (χ4v) is 5.61. The molecule has 1 amide bonds. The molecular formula is C21H25ClN2O4S. The molecule has 1 aliphatic heterocycles. The van der Waals surface area contributed by atoms with E-state index in [1.807, 2.05) is 0 Å². The molecule has 156 valence electrons. The van der Waals surface area contributed by atoms with Crippen LogP contribution in [0.1, 0.15) is 30.6 Å². The van der Waals surface area contributed by atoms with Crippen LogP contribution >= 0.6 is 11.6 Å². The van der Waals surface area contributed by atoms with Gasteiger partial charge in [0.25, 0.3) is 5.91 Å². The number of hydrogen-bond donors (Lipinski definition) is 1. The van der Waals surface area contributed by atoms with Crippen molar-refractivity contribution in [2.75, 3.05) is 25.5 Å². The zero-order valence-electron chi connectivity index (χ0n) is 16.7. The van der Waals surface area contributed by atoms with Crippen LogP contribution in [0, 0.1) is 11.8 Å². The Hall–Kier alpha value is -2.09. The normalized spacial score (nSPS) is 20.3. The van der Waals surface area contributed by atoms with Crippen molar-refractivity contribution in [3.05, 3.63) is 53.1 Å². The smallest absolute Gasteiger partial charge is 0.255 e. The van der Waals surface area contributed by atoms with Crippen LogP contribution in [0.3, 0.4) is 0 Å². The second-order valence-electron chi connectivity index (χ2n) is 7.60. The monoisotopic (exact) mass is 436 g/mol. The molecule has 6 nitrogen and oxygen atoms in total. The highest BCUT2D eigenvalue weighted by molar-refractivity contribution is 7.89. The predicted octanol–water partition coefficient (Wildman–Crippen LogP) is 4.27.